The fourth-order valence-corrected chi connectivity index (χ4v) is 4.75. The molecule has 12 heteroatoms. The molecule has 4 aromatic rings. The molecular weight excluding hydrogens is 567 g/mol. The number of hydrogen-bond donors (Lipinski definition) is 0. The number of ether oxygens (including phenoxy) is 1. The molecule has 4 rings (SSSR count). The number of halogens is 3. The minimum Gasteiger partial charge on any atom is -0.482 e. The van der Waals surface area contributed by atoms with E-state index in [1.165, 1.54) is 47.9 Å². The van der Waals surface area contributed by atoms with Gasteiger partial charge in [-0.1, -0.05) is 50.5 Å². The van der Waals surface area contributed by atoms with Gasteiger partial charge in [0.15, 0.2) is 6.61 Å². The number of hydrazone groups is 1. The van der Waals surface area contributed by atoms with Gasteiger partial charge in [0.25, 0.3) is 11.6 Å². The molecule has 3 aromatic carbocycles. The molecule has 1 aromatic heterocycles. The number of fused-ring (bicyclic) bond motifs is 1. The maximum atomic E-state index is 13.1. The second kappa shape index (κ2) is 10.5. The van der Waals surface area contributed by atoms with Crippen molar-refractivity contribution in [3.05, 3.63) is 90.9 Å². The van der Waals surface area contributed by atoms with Crippen LogP contribution in [0.15, 0.2) is 70.2 Å². The van der Waals surface area contributed by atoms with Crippen LogP contribution in [0, 0.1) is 10.1 Å². The fourth-order valence-electron chi connectivity index (χ4n) is 2.80. The van der Waals surface area contributed by atoms with Gasteiger partial charge in [-0.05, 0) is 54.1 Å². The summed E-state index contributed by atoms with van der Waals surface area (Å²) in [6.07, 6.45) is 1.42. The van der Waals surface area contributed by atoms with E-state index in [0.717, 1.165) is 14.2 Å². The van der Waals surface area contributed by atoms with Crippen molar-refractivity contribution in [2.24, 2.45) is 5.10 Å². The number of carbonyl (C=O) groups excluding carboxylic acids is 1. The molecule has 0 fully saturated rings. The first-order valence-corrected chi connectivity index (χ1v) is 11.9. The predicted molar refractivity (Wildman–Crippen MR) is 137 cm³/mol. The van der Waals surface area contributed by atoms with Crippen molar-refractivity contribution in [2.75, 3.05) is 11.6 Å². The van der Waals surface area contributed by atoms with Gasteiger partial charge in [0.2, 0.25) is 5.13 Å². The van der Waals surface area contributed by atoms with Gasteiger partial charge in [-0.15, -0.1) is 0 Å². The molecule has 1 heterocycles. The molecule has 0 bridgehead atoms. The van der Waals surface area contributed by atoms with Crippen molar-refractivity contribution in [3.63, 3.8) is 0 Å². The summed E-state index contributed by atoms with van der Waals surface area (Å²) in [6, 6.07) is 16.0. The Kier molecular flexibility index (Phi) is 7.42. The van der Waals surface area contributed by atoms with Crippen molar-refractivity contribution in [3.8, 4) is 5.75 Å². The van der Waals surface area contributed by atoms with Gasteiger partial charge in [0.05, 0.1) is 26.4 Å². The summed E-state index contributed by atoms with van der Waals surface area (Å²) in [5, 5.41) is 17.3. The third kappa shape index (κ3) is 5.71. The standard InChI is InChI=1S/C22H13BrCl2N4O4S/c23-14-3-7-18-20(9-14)34-22(27-18)28(26-11-13-1-5-16(6-2-13)29(31)32)21(30)12-33-19-8-4-15(24)10-17(19)25/h1-11H,12H2/b26-11+. The van der Waals surface area contributed by atoms with Crippen LogP contribution in [0.5, 0.6) is 5.75 Å². The number of thiazole rings is 1. The summed E-state index contributed by atoms with van der Waals surface area (Å²) in [5.41, 5.74) is 1.22. The largest absolute Gasteiger partial charge is 0.482 e. The van der Waals surface area contributed by atoms with Crippen LogP contribution >= 0.6 is 50.5 Å². The van der Waals surface area contributed by atoms with Crippen molar-refractivity contribution in [2.45, 2.75) is 0 Å². The quantitative estimate of drug-likeness (QED) is 0.137. The van der Waals surface area contributed by atoms with E-state index in [1.54, 1.807) is 12.1 Å². The number of nitro groups is 1. The number of carbonyl (C=O) groups is 1. The van der Waals surface area contributed by atoms with Gasteiger partial charge < -0.3 is 4.74 Å². The maximum Gasteiger partial charge on any atom is 0.287 e. The highest BCUT2D eigenvalue weighted by molar-refractivity contribution is 9.10. The molecule has 8 nitrogen and oxygen atoms in total. The molecule has 0 unspecified atom stereocenters. The van der Waals surface area contributed by atoms with Crippen LogP contribution in [0.25, 0.3) is 10.2 Å². The lowest BCUT2D eigenvalue weighted by Crippen LogP contribution is -2.30. The van der Waals surface area contributed by atoms with Gasteiger partial charge in [-0.3, -0.25) is 14.9 Å². The molecule has 0 aliphatic carbocycles. The highest BCUT2D eigenvalue weighted by atomic mass is 79.9. The van der Waals surface area contributed by atoms with Gasteiger partial charge in [-0.25, -0.2) is 4.98 Å². The first kappa shape index (κ1) is 24.1. The van der Waals surface area contributed by atoms with Crippen LogP contribution < -0.4 is 9.75 Å². The molecule has 0 N–H and O–H groups in total. The minimum atomic E-state index is -0.498. The van der Waals surface area contributed by atoms with Crippen molar-refractivity contribution < 1.29 is 14.5 Å². The molecule has 0 aliphatic heterocycles. The zero-order chi connectivity index (χ0) is 24.2. The number of aromatic nitrogens is 1. The molecule has 0 spiro atoms. The molecule has 1 amide bonds. The second-order valence-corrected chi connectivity index (χ2v) is 9.54. The number of non-ortho nitro benzene ring substituents is 1. The lowest BCUT2D eigenvalue weighted by atomic mass is 10.2. The molecule has 0 radical (unpaired) electrons. The maximum absolute atomic E-state index is 13.1. The summed E-state index contributed by atoms with van der Waals surface area (Å²) < 4.78 is 7.32. The average molecular weight is 580 g/mol. The summed E-state index contributed by atoms with van der Waals surface area (Å²) >= 11 is 16.7. The number of hydrogen-bond acceptors (Lipinski definition) is 7. The Balaban J connectivity index is 1.62. The van der Waals surface area contributed by atoms with E-state index >= 15 is 0 Å². The number of anilines is 1. The molecule has 172 valence electrons. The van der Waals surface area contributed by atoms with Crippen molar-refractivity contribution in [1.29, 1.82) is 0 Å². The van der Waals surface area contributed by atoms with Crippen LogP contribution in [0.4, 0.5) is 10.8 Å². The molecular formula is C22H13BrCl2N4O4S. The number of amides is 1. The van der Waals surface area contributed by atoms with Crippen LogP contribution in [0.1, 0.15) is 5.56 Å². The van der Waals surface area contributed by atoms with E-state index in [2.05, 4.69) is 26.0 Å². The van der Waals surface area contributed by atoms with Gasteiger partial charge in [0, 0.05) is 21.6 Å². The fraction of sp³-hybridized carbons (Fsp3) is 0.0455. The number of nitrogens with zero attached hydrogens (tertiary/aromatic N) is 4. The van der Waals surface area contributed by atoms with E-state index < -0.39 is 10.8 Å². The van der Waals surface area contributed by atoms with Crippen LogP contribution in [-0.4, -0.2) is 28.6 Å². The summed E-state index contributed by atoms with van der Waals surface area (Å²) in [7, 11) is 0. The van der Waals surface area contributed by atoms with Gasteiger partial charge in [-0.2, -0.15) is 10.1 Å². The van der Waals surface area contributed by atoms with Crippen molar-refractivity contribution >= 4 is 83.6 Å². The van der Waals surface area contributed by atoms with E-state index in [0.29, 0.717) is 27.0 Å². The first-order valence-electron chi connectivity index (χ1n) is 9.55. The lowest BCUT2D eigenvalue weighted by Gasteiger charge is -2.15. The first-order chi connectivity index (χ1) is 16.3. The summed E-state index contributed by atoms with van der Waals surface area (Å²) in [4.78, 5) is 28.0. The van der Waals surface area contributed by atoms with Crippen LogP contribution in [0.2, 0.25) is 10.0 Å². The van der Waals surface area contributed by atoms with Crippen LogP contribution in [0.3, 0.4) is 0 Å². The van der Waals surface area contributed by atoms with Gasteiger partial charge in [0.1, 0.15) is 5.75 Å². The lowest BCUT2D eigenvalue weighted by molar-refractivity contribution is -0.384. The Morgan fingerprint density at radius 2 is 1.94 bits per heavy atom. The van der Waals surface area contributed by atoms with E-state index in [9.17, 15) is 14.9 Å². The van der Waals surface area contributed by atoms with Crippen molar-refractivity contribution in [1.82, 2.24) is 4.98 Å². The monoisotopic (exact) mass is 578 g/mol. The van der Waals surface area contributed by atoms with Gasteiger partial charge >= 0.3 is 0 Å². The average Bonchev–Trinajstić information content (AvgIpc) is 3.21. The zero-order valence-electron chi connectivity index (χ0n) is 17.0. The second-order valence-electron chi connectivity index (χ2n) is 6.77. The molecule has 0 saturated heterocycles. The zero-order valence-corrected chi connectivity index (χ0v) is 20.9. The topological polar surface area (TPSA) is 97.9 Å². The van der Waals surface area contributed by atoms with E-state index in [4.69, 9.17) is 27.9 Å². The smallest absolute Gasteiger partial charge is 0.287 e. The molecule has 0 saturated carbocycles. The van der Waals surface area contributed by atoms with E-state index in [1.807, 2.05) is 18.2 Å². The normalized spacial score (nSPS) is 11.1. The third-order valence-electron chi connectivity index (χ3n) is 4.43. The Bertz CT molecular complexity index is 1410. The summed E-state index contributed by atoms with van der Waals surface area (Å²) in [5.74, 6) is -0.200. The molecule has 0 atom stereocenters. The number of rotatable bonds is 7. The SMILES string of the molecule is O=C(COc1ccc(Cl)cc1Cl)N(/N=C/c1ccc([N+](=O)[O-])cc1)c1nc2ccc(Br)cc2s1. The Morgan fingerprint density at radius 1 is 1.18 bits per heavy atom. The highest BCUT2D eigenvalue weighted by Crippen LogP contribution is 2.32. The van der Waals surface area contributed by atoms with Crippen LogP contribution in [-0.2, 0) is 4.79 Å². The summed E-state index contributed by atoms with van der Waals surface area (Å²) in [6.45, 7) is -0.363. The third-order valence-corrected chi connectivity index (χ3v) is 6.45. The highest BCUT2D eigenvalue weighted by Gasteiger charge is 2.21. The Labute approximate surface area is 215 Å². The number of benzene rings is 3. The molecule has 0 aliphatic rings. The Hall–Kier alpha value is -3.05. The molecule has 34 heavy (non-hydrogen) atoms. The Morgan fingerprint density at radius 3 is 2.65 bits per heavy atom. The predicted octanol–water partition coefficient (Wildman–Crippen LogP) is 6.72. The minimum absolute atomic E-state index is 0.0462. The number of nitro benzene ring substituents is 1. The van der Waals surface area contributed by atoms with E-state index in [-0.39, 0.29) is 17.3 Å².